The van der Waals surface area contributed by atoms with Gasteiger partial charge in [-0.3, -0.25) is 0 Å². The molecule has 0 saturated carbocycles. The first-order valence-electron chi connectivity index (χ1n) is 11.8. The molecule has 3 heteroatoms. The molecule has 4 rings (SSSR count). The second kappa shape index (κ2) is 12.3. The number of rotatable bonds is 12. The summed E-state index contributed by atoms with van der Waals surface area (Å²) in [6.45, 7) is 12.7. The summed E-state index contributed by atoms with van der Waals surface area (Å²) in [5.74, 6) is 2.04. The monoisotopic (exact) mass is 474 g/mol. The van der Waals surface area contributed by atoms with E-state index < -0.39 is 0 Å². The van der Waals surface area contributed by atoms with Crippen molar-refractivity contribution in [3.8, 4) is 17.2 Å². The van der Waals surface area contributed by atoms with Gasteiger partial charge in [-0.25, -0.2) is 0 Å². The Bertz CT molecular complexity index is 1120. The molecule has 0 bridgehead atoms. The van der Waals surface area contributed by atoms with Gasteiger partial charge in [0.1, 0.15) is 37.1 Å². The van der Waals surface area contributed by atoms with Crippen LogP contribution < -0.4 is 14.2 Å². The Morgan fingerprint density at radius 2 is 0.667 bits per heavy atom. The predicted octanol–water partition coefficient (Wildman–Crippen LogP) is 8.35. The highest BCUT2D eigenvalue weighted by molar-refractivity contribution is 5.49. The Morgan fingerprint density at radius 1 is 0.417 bits per heavy atom. The average Bonchev–Trinajstić information content (AvgIpc) is 2.94. The molecule has 0 aromatic heterocycles. The zero-order valence-electron chi connectivity index (χ0n) is 20.4. The van der Waals surface area contributed by atoms with Crippen LogP contribution >= 0.6 is 0 Å². The second-order valence-corrected chi connectivity index (χ2v) is 8.34. The molecule has 0 aliphatic heterocycles. The molecule has 36 heavy (non-hydrogen) atoms. The largest absolute Gasteiger partial charge is 0.489 e. The van der Waals surface area contributed by atoms with Gasteiger partial charge in [-0.2, -0.15) is 0 Å². The summed E-state index contributed by atoms with van der Waals surface area (Å²) >= 11 is 0. The molecule has 0 unspecified atom stereocenters. The van der Waals surface area contributed by atoms with E-state index in [1.165, 1.54) is 0 Å². The van der Waals surface area contributed by atoms with E-state index >= 15 is 0 Å². The van der Waals surface area contributed by atoms with Gasteiger partial charge in [-0.1, -0.05) is 111 Å². The molecule has 4 aromatic carbocycles. The molecular formula is C33H30O3. The minimum atomic E-state index is 0.437. The molecule has 3 nitrogen and oxygen atoms in total. The first-order valence-corrected chi connectivity index (χ1v) is 11.8. The first-order chi connectivity index (χ1) is 17.6. The summed E-state index contributed by atoms with van der Waals surface area (Å²) in [6, 6.07) is 30.0. The average molecular weight is 475 g/mol. The maximum Gasteiger partial charge on any atom is 0.127 e. The molecule has 0 aliphatic rings. The van der Waals surface area contributed by atoms with E-state index in [1.54, 1.807) is 0 Å². The summed E-state index contributed by atoms with van der Waals surface area (Å²) in [6.07, 6.45) is 5.47. The van der Waals surface area contributed by atoms with Crippen LogP contribution in [0.5, 0.6) is 17.2 Å². The van der Waals surface area contributed by atoms with Gasteiger partial charge < -0.3 is 14.2 Å². The van der Waals surface area contributed by atoms with E-state index in [2.05, 4.69) is 19.7 Å². The van der Waals surface area contributed by atoms with Crippen molar-refractivity contribution >= 4 is 18.2 Å². The third-order valence-corrected chi connectivity index (χ3v) is 5.72. The maximum atomic E-state index is 6.10. The normalized spacial score (nSPS) is 10.3. The van der Waals surface area contributed by atoms with Crippen LogP contribution in [-0.4, -0.2) is 0 Å². The number of ether oxygens (including phenoxy) is 3. The van der Waals surface area contributed by atoms with E-state index in [9.17, 15) is 0 Å². The van der Waals surface area contributed by atoms with Crippen molar-refractivity contribution in [1.82, 2.24) is 0 Å². The van der Waals surface area contributed by atoms with Gasteiger partial charge in [0, 0.05) is 18.2 Å². The molecule has 0 atom stereocenters. The van der Waals surface area contributed by atoms with E-state index in [0.29, 0.717) is 37.1 Å². The molecule has 0 saturated heterocycles. The van der Waals surface area contributed by atoms with Gasteiger partial charge in [-0.05, 0) is 33.4 Å². The summed E-state index contributed by atoms with van der Waals surface area (Å²) in [4.78, 5) is 0. The highest BCUT2D eigenvalue weighted by Gasteiger charge is 2.07. The van der Waals surface area contributed by atoms with Gasteiger partial charge in [0.15, 0.2) is 0 Å². The van der Waals surface area contributed by atoms with Gasteiger partial charge in [0.05, 0.1) is 0 Å². The topological polar surface area (TPSA) is 27.7 Å². The Labute approximate surface area is 213 Å². The Hall–Kier alpha value is -4.50. The van der Waals surface area contributed by atoms with Crippen LogP contribution in [0, 0.1) is 0 Å². The fourth-order valence-corrected chi connectivity index (χ4v) is 3.55. The van der Waals surface area contributed by atoms with Crippen LogP contribution in [0.25, 0.3) is 18.2 Å². The lowest BCUT2D eigenvalue weighted by Gasteiger charge is -2.14. The zero-order chi connectivity index (χ0) is 25.2. The minimum absolute atomic E-state index is 0.437. The van der Waals surface area contributed by atoms with Gasteiger partial charge >= 0.3 is 0 Å². The number of benzene rings is 4. The van der Waals surface area contributed by atoms with Gasteiger partial charge in [0.2, 0.25) is 0 Å². The van der Waals surface area contributed by atoms with Crippen LogP contribution in [0.2, 0.25) is 0 Å². The van der Waals surface area contributed by atoms with Crippen molar-refractivity contribution in [1.29, 1.82) is 0 Å². The first kappa shape index (κ1) is 24.6. The molecule has 0 fully saturated rings. The van der Waals surface area contributed by atoms with Crippen molar-refractivity contribution in [2.24, 2.45) is 0 Å². The SMILES string of the molecule is C=Cc1ccc(COc2cc(OCc3ccc(C=C)cc3)cc(OCc3ccc(C=C)cc3)c2)cc1. The van der Waals surface area contributed by atoms with Crippen molar-refractivity contribution < 1.29 is 14.2 Å². The van der Waals surface area contributed by atoms with E-state index in [1.807, 2.05) is 109 Å². The molecular weight excluding hydrogens is 444 g/mol. The molecule has 4 aromatic rings. The zero-order valence-corrected chi connectivity index (χ0v) is 20.4. The minimum Gasteiger partial charge on any atom is -0.489 e. The Kier molecular flexibility index (Phi) is 8.39. The number of hydrogen-bond donors (Lipinski definition) is 0. The third-order valence-electron chi connectivity index (χ3n) is 5.72. The summed E-state index contributed by atoms with van der Waals surface area (Å²) in [5.41, 5.74) is 6.43. The summed E-state index contributed by atoms with van der Waals surface area (Å²) in [7, 11) is 0. The lowest BCUT2D eigenvalue weighted by atomic mass is 10.1. The predicted molar refractivity (Wildman–Crippen MR) is 149 cm³/mol. The molecule has 0 aliphatic carbocycles. The van der Waals surface area contributed by atoms with E-state index in [-0.39, 0.29) is 0 Å². The Balaban J connectivity index is 1.48. The van der Waals surface area contributed by atoms with Crippen molar-refractivity contribution in [3.63, 3.8) is 0 Å². The molecule has 180 valence electrons. The van der Waals surface area contributed by atoms with E-state index in [0.717, 1.165) is 33.4 Å². The fourth-order valence-electron chi connectivity index (χ4n) is 3.55. The molecule has 0 N–H and O–H groups in total. The van der Waals surface area contributed by atoms with Crippen LogP contribution in [0.1, 0.15) is 33.4 Å². The fraction of sp³-hybridized carbons (Fsp3) is 0.0909. The van der Waals surface area contributed by atoms with Crippen molar-refractivity contribution in [2.75, 3.05) is 0 Å². The molecule has 0 heterocycles. The third kappa shape index (κ3) is 7.00. The highest BCUT2D eigenvalue weighted by atomic mass is 16.5. The Morgan fingerprint density at radius 3 is 0.889 bits per heavy atom. The standard InChI is InChI=1S/C33H30O3/c1-4-25-7-13-28(14-8-25)22-34-31-19-32(35-23-29-15-9-26(5-2)10-16-29)21-33(20-31)36-24-30-17-11-27(6-3)12-18-30/h4-21H,1-3,22-24H2. The smallest absolute Gasteiger partial charge is 0.127 e. The second-order valence-electron chi connectivity index (χ2n) is 8.34. The lowest BCUT2D eigenvalue weighted by Crippen LogP contribution is -2.00. The van der Waals surface area contributed by atoms with Crippen LogP contribution in [0.3, 0.4) is 0 Å². The van der Waals surface area contributed by atoms with Crippen LogP contribution in [0.4, 0.5) is 0 Å². The number of hydrogen-bond acceptors (Lipinski definition) is 3. The van der Waals surface area contributed by atoms with Gasteiger partial charge in [-0.15, -0.1) is 0 Å². The molecule has 0 radical (unpaired) electrons. The maximum absolute atomic E-state index is 6.10. The quantitative estimate of drug-likeness (QED) is 0.206. The van der Waals surface area contributed by atoms with Crippen LogP contribution in [0.15, 0.2) is 111 Å². The highest BCUT2D eigenvalue weighted by Crippen LogP contribution is 2.30. The molecule has 0 spiro atoms. The van der Waals surface area contributed by atoms with Crippen LogP contribution in [-0.2, 0) is 19.8 Å². The van der Waals surface area contributed by atoms with E-state index in [4.69, 9.17) is 14.2 Å². The van der Waals surface area contributed by atoms with Gasteiger partial charge in [0.25, 0.3) is 0 Å². The molecule has 0 amide bonds. The summed E-state index contributed by atoms with van der Waals surface area (Å²) < 4.78 is 18.3. The van der Waals surface area contributed by atoms with Crippen molar-refractivity contribution in [3.05, 3.63) is 144 Å². The van der Waals surface area contributed by atoms with Crippen molar-refractivity contribution in [2.45, 2.75) is 19.8 Å². The summed E-state index contributed by atoms with van der Waals surface area (Å²) in [5, 5.41) is 0. The lowest BCUT2D eigenvalue weighted by molar-refractivity contribution is 0.274.